The van der Waals surface area contributed by atoms with Gasteiger partial charge < -0.3 is 10.3 Å². The van der Waals surface area contributed by atoms with Crippen LogP contribution in [0.15, 0.2) is 62.8 Å². The van der Waals surface area contributed by atoms with Gasteiger partial charge in [0.15, 0.2) is 0 Å². The standard InChI is InChI=1S/C19H15N3O3S2/c23-17(13-5-3-12(4-6-13)15-2-1-10-26-15)20-8-9-22-18(24)16-14(7-11-27-16)21-19(22)25/h1-7,10-11H,8-9H2,(H,20,23)(H,21,25). The highest BCUT2D eigenvalue weighted by Crippen LogP contribution is 2.24. The number of carbonyl (C=O) groups is 1. The molecule has 0 aliphatic carbocycles. The number of carbonyl (C=O) groups excluding carboxylic acids is 1. The van der Waals surface area contributed by atoms with Crippen LogP contribution in [0.3, 0.4) is 0 Å². The predicted octanol–water partition coefficient (Wildman–Crippen LogP) is 2.91. The van der Waals surface area contributed by atoms with Crippen molar-refractivity contribution >= 4 is 38.8 Å². The number of rotatable bonds is 5. The van der Waals surface area contributed by atoms with Gasteiger partial charge in [-0.2, -0.15) is 0 Å². The molecule has 0 saturated heterocycles. The molecule has 2 N–H and O–H groups in total. The van der Waals surface area contributed by atoms with Gasteiger partial charge in [-0.25, -0.2) is 4.79 Å². The molecular formula is C19H15N3O3S2. The molecule has 27 heavy (non-hydrogen) atoms. The van der Waals surface area contributed by atoms with Crippen molar-refractivity contribution in [1.82, 2.24) is 14.9 Å². The Morgan fingerprint density at radius 1 is 1.04 bits per heavy atom. The Bertz CT molecular complexity index is 1200. The van der Waals surface area contributed by atoms with Crippen LogP contribution < -0.4 is 16.6 Å². The molecule has 0 aliphatic rings. The summed E-state index contributed by atoms with van der Waals surface area (Å²) in [7, 11) is 0. The summed E-state index contributed by atoms with van der Waals surface area (Å²) in [6, 6.07) is 13.1. The normalized spacial score (nSPS) is 11.0. The number of benzene rings is 1. The highest BCUT2D eigenvalue weighted by molar-refractivity contribution is 7.17. The summed E-state index contributed by atoms with van der Waals surface area (Å²) < 4.78 is 1.61. The first-order chi connectivity index (χ1) is 13.1. The fraction of sp³-hybridized carbons (Fsp3) is 0.105. The molecule has 3 heterocycles. The summed E-state index contributed by atoms with van der Waals surface area (Å²) in [5.74, 6) is -0.241. The summed E-state index contributed by atoms with van der Waals surface area (Å²) >= 11 is 2.92. The van der Waals surface area contributed by atoms with Crippen LogP contribution in [0.25, 0.3) is 20.7 Å². The maximum atomic E-state index is 12.3. The van der Waals surface area contributed by atoms with E-state index in [2.05, 4.69) is 10.3 Å². The van der Waals surface area contributed by atoms with E-state index in [-0.39, 0.29) is 24.6 Å². The number of thiophene rings is 2. The van der Waals surface area contributed by atoms with Gasteiger partial charge in [-0.15, -0.1) is 22.7 Å². The predicted molar refractivity (Wildman–Crippen MR) is 109 cm³/mol. The van der Waals surface area contributed by atoms with Gasteiger partial charge in [0.1, 0.15) is 4.70 Å². The van der Waals surface area contributed by atoms with Gasteiger partial charge in [0, 0.05) is 23.5 Å². The molecule has 0 spiro atoms. The van der Waals surface area contributed by atoms with E-state index < -0.39 is 5.69 Å². The maximum Gasteiger partial charge on any atom is 0.328 e. The molecular weight excluding hydrogens is 382 g/mol. The molecule has 0 radical (unpaired) electrons. The lowest BCUT2D eigenvalue weighted by molar-refractivity contribution is 0.0952. The van der Waals surface area contributed by atoms with E-state index in [0.29, 0.717) is 15.8 Å². The van der Waals surface area contributed by atoms with Crippen LogP contribution in [0.1, 0.15) is 10.4 Å². The number of hydrogen-bond donors (Lipinski definition) is 2. The summed E-state index contributed by atoms with van der Waals surface area (Å²) in [5, 5.41) is 6.52. The van der Waals surface area contributed by atoms with Crippen molar-refractivity contribution in [3.63, 3.8) is 0 Å². The van der Waals surface area contributed by atoms with E-state index >= 15 is 0 Å². The van der Waals surface area contributed by atoms with Crippen LogP contribution in [0, 0.1) is 0 Å². The van der Waals surface area contributed by atoms with E-state index in [4.69, 9.17) is 0 Å². The van der Waals surface area contributed by atoms with Crippen molar-refractivity contribution in [2.75, 3.05) is 6.54 Å². The first-order valence-electron chi connectivity index (χ1n) is 8.26. The molecule has 4 rings (SSSR count). The van der Waals surface area contributed by atoms with E-state index in [1.807, 2.05) is 29.6 Å². The van der Waals surface area contributed by atoms with Gasteiger partial charge in [-0.3, -0.25) is 14.2 Å². The van der Waals surface area contributed by atoms with E-state index in [0.717, 1.165) is 15.0 Å². The largest absolute Gasteiger partial charge is 0.350 e. The van der Waals surface area contributed by atoms with Crippen LogP contribution in [0.5, 0.6) is 0 Å². The number of hydrogen-bond acceptors (Lipinski definition) is 5. The molecule has 0 unspecified atom stereocenters. The van der Waals surface area contributed by atoms with Gasteiger partial charge in [0.2, 0.25) is 0 Å². The number of nitrogens with one attached hydrogen (secondary N) is 2. The zero-order chi connectivity index (χ0) is 18.8. The molecule has 8 heteroatoms. The zero-order valence-corrected chi connectivity index (χ0v) is 15.7. The minimum Gasteiger partial charge on any atom is -0.350 e. The summed E-state index contributed by atoms with van der Waals surface area (Å²) in [6.45, 7) is 0.298. The first kappa shape index (κ1) is 17.4. The third-order valence-electron chi connectivity index (χ3n) is 4.17. The van der Waals surface area contributed by atoms with Crippen molar-refractivity contribution in [2.24, 2.45) is 0 Å². The minimum absolute atomic E-state index is 0.112. The van der Waals surface area contributed by atoms with Crippen molar-refractivity contribution in [2.45, 2.75) is 6.54 Å². The van der Waals surface area contributed by atoms with Crippen LogP contribution in [-0.4, -0.2) is 22.0 Å². The number of nitrogens with zero attached hydrogens (tertiary/aromatic N) is 1. The fourth-order valence-corrected chi connectivity index (χ4v) is 4.32. The second kappa shape index (κ2) is 7.34. The third-order valence-corrected chi connectivity index (χ3v) is 5.99. The Morgan fingerprint density at radius 3 is 2.59 bits per heavy atom. The monoisotopic (exact) mass is 397 g/mol. The number of aromatic nitrogens is 2. The van der Waals surface area contributed by atoms with Crippen molar-refractivity contribution in [3.8, 4) is 10.4 Å². The number of H-pyrrole nitrogens is 1. The lowest BCUT2D eigenvalue weighted by atomic mass is 10.1. The van der Waals surface area contributed by atoms with Gasteiger partial charge in [0.05, 0.1) is 5.52 Å². The molecule has 136 valence electrons. The first-order valence-corrected chi connectivity index (χ1v) is 10.0. The second-order valence-corrected chi connectivity index (χ2v) is 7.72. The van der Waals surface area contributed by atoms with E-state index in [1.54, 1.807) is 34.9 Å². The van der Waals surface area contributed by atoms with Gasteiger partial charge in [-0.1, -0.05) is 18.2 Å². The van der Waals surface area contributed by atoms with Crippen molar-refractivity contribution in [1.29, 1.82) is 0 Å². The Balaban J connectivity index is 1.43. The van der Waals surface area contributed by atoms with Gasteiger partial charge >= 0.3 is 5.69 Å². The van der Waals surface area contributed by atoms with Crippen LogP contribution in [-0.2, 0) is 6.54 Å². The van der Waals surface area contributed by atoms with E-state index in [1.165, 1.54) is 11.3 Å². The zero-order valence-electron chi connectivity index (χ0n) is 14.1. The molecule has 0 fully saturated rings. The molecule has 1 amide bonds. The number of fused-ring (bicyclic) bond motifs is 1. The molecule has 0 atom stereocenters. The van der Waals surface area contributed by atoms with Crippen LogP contribution in [0.4, 0.5) is 0 Å². The molecule has 6 nitrogen and oxygen atoms in total. The lowest BCUT2D eigenvalue weighted by Gasteiger charge is -2.07. The average molecular weight is 397 g/mol. The lowest BCUT2D eigenvalue weighted by Crippen LogP contribution is -2.38. The Labute approximate surface area is 161 Å². The SMILES string of the molecule is O=C(NCCn1c(=O)[nH]c2ccsc2c1=O)c1ccc(-c2cccs2)cc1. The fourth-order valence-electron chi connectivity index (χ4n) is 2.79. The molecule has 0 aliphatic heterocycles. The van der Waals surface area contributed by atoms with Crippen molar-refractivity contribution < 1.29 is 4.79 Å². The van der Waals surface area contributed by atoms with Crippen LogP contribution in [0.2, 0.25) is 0 Å². The topological polar surface area (TPSA) is 84.0 Å². The Kier molecular flexibility index (Phi) is 4.74. The Hall–Kier alpha value is -2.97. The number of aromatic amines is 1. The van der Waals surface area contributed by atoms with E-state index in [9.17, 15) is 14.4 Å². The summed E-state index contributed by atoms with van der Waals surface area (Å²) in [4.78, 5) is 40.5. The Morgan fingerprint density at radius 2 is 1.85 bits per heavy atom. The number of amides is 1. The highest BCUT2D eigenvalue weighted by atomic mass is 32.1. The quantitative estimate of drug-likeness (QED) is 0.543. The summed E-state index contributed by atoms with van der Waals surface area (Å²) in [6.07, 6.45) is 0. The molecule has 0 saturated carbocycles. The van der Waals surface area contributed by atoms with Gasteiger partial charge in [0.25, 0.3) is 11.5 Å². The maximum absolute atomic E-state index is 12.3. The average Bonchev–Trinajstić information content (AvgIpc) is 3.36. The smallest absolute Gasteiger partial charge is 0.328 e. The summed E-state index contributed by atoms with van der Waals surface area (Å²) in [5.41, 5.74) is 1.33. The molecule has 1 aromatic carbocycles. The second-order valence-electron chi connectivity index (χ2n) is 5.86. The van der Waals surface area contributed by atoms with Crippen LogP contribution >= 0.6 is 22.7 Å². The minimum atomic E-state index is -0.472. The van der Waals surface area contributed by atoms with Gasteiger partial charge in [-0.05, 0) is 40.6 Å². The highest BCUT2D eigenvalue weighted by Gasteiger charge is 2.10. The van der Waals surface area contributed by atoms with Crippen molar-refractivity contribution in [3.05, 3.63) is 79.6 Å². The third kappa shape index (κ3) is 3.49. The molecule has 4 aromatic rings. The molecule has 3 aromatic heterocycles. The molecule has 0 bridgehead atoms.